The van der Waals surface area contributed by atoms with Gasteiger partial charge >= 0.3 is 0 Å². The first-order valence-electron chi connectivity index (χ1n) is 24.5. The molecule has 0 atom stereocenters. The van der Waals surface area contributed by atoms with Gasteiger partial charge in [-0.05, 0) is 148 Å². The number of rotatable bonds is 6. The van der Waals surface area contributed by atoms with Crippen molar-refractivity contribution in [2.75, 3.05) is 9.80 Å². The lowest BCUT2D eigenvalue weighted by Crippen LogP contribution is -2.61. The Kier molecular flexibility index (Phi) is 8.72. The summed E-state index contributed by atoms with van der Waals surface area (Å²) in [5.41, 5.74) is 22.8. The third-order valence-corrected chi connectivity index (χ3v) is 15.1. The number of hydrogen-bond donors (Lipinski definition) is 0. The highest BCUT2D eigenvalue weighted by Gasteiger charge is 2.43. The topological polar surface area (TPSA) is 16.3 Å². The summed E-state index contributed by atoms with van der Waals surface area (Å²) in [4.78, 5) is 4.97. The molecule has 71 heavy (non-hydrogen) atoms. The molecule has 0 radical (unpaired) electrons. The Morgan fingerprint density at radius 1 is 0.239 bits per heavy atom. The third-order valence-electron chi connectivity index (χ3n) is 15.1. The molecule has 4 heterocycles. The monoisotopic (exact) mass is 902 g/mol. The van der Waals surface area contributed by atoms with Gasteiger partial charge < -0.3 is 18.9 Å². The van der Waals surface area contributed by atoms with E-state index in [2.05, 4.69) is 280 Å². The summed E-state index contributed by atoms with van der Waals surface area (Å²) >= 11 is 0. The second kappa shape index (κ2) is 15.6. The fourth-order valence-corrected chi connectivity index (χ4v) is 12.0. The largest absolute Gasteiger partial charge is 0.311 e. The quantitative estimate of drug-likeness (QED) is 0.155. The Labute approximate surface area is 412 Å². The number of aromatic nitrogens is 2. The fraction of sp³-hybridized carbons (Fsp3) is 0. The zero-order chi connectivity index (χ0) is 46.6. The van der Waals surface area contributed by atoms with Gasteiger partial charge in [-0.2, -0.15) is 0 Å². The smallest absolute Gasteiger partial charge is 0.252 e. The van der Waals surface area contributed by atoms with Crippen LogP contribution in [0.15, 0.2) is 261 Å². The Hall–Kier alpha value is -9.32. The zero-order valence-corrected chi connectivity index (χ0v) is 38.7. The molecule has 0 amide bonds. The first-order chi connectivity index (χ1) is 35.2. The normalized spacial score (nSPS) is 12.7. The van der Waals surface area contributed by atoms with Crippen molar-refractivity contribution in [1.29, 1.82) is 0 Å². The second-order valence-corrected chi connectivity index (χ2v) is 18.9. The first kappa shape index (κ1) is 39.7. The fourth-order valence-electron chi connectivity index (χ4n) is 12.0. The van der Waals surface area contributed by atoms with E-state index < -0.39 is 0 Å². The van der Waals surface area contributed by atoms with Gasteiger partial charge in [-0.25, -0.2) is 0 Å². The summed E-state index contributed by atoms with van der Waals surface area (Å²) in [7, 11) is 0. The molecule has 4 nitrogen and oxygen atoms in total. The van der Waals surface area contributed by atoms with Gasteiger partial charge in [-0.3, -0.25) is 0 Å². The van der Waals surface area contributed by atoms with Crippen molar-refractivity contribution in [2.45, 2.75) is 0 Å². The van der Waals surface area contributed by atoms with Crippen molar-refractivity contribution in [3.63, 3.8) is 0 Å². The molecule has 0 saturated carbocycles. The predicted octanol–water partition coefficient (Wildman–Crippen LogP) is 15.3. The molecular weight excluding hydrogens is 860 g/mol. The van der Waals surface area contributed by atoms with Crippen LogP contribution >= 0.6 is 0 Å². The molecular formula is C66H43BN4. The molecule has 13 aromatic rings. The Morgan fingerprint density at radius 2 is 0.592 bits per heavy atom. The second-order valence-electron chi connectivity index (χ2n) is 18.9. The van der Waals surface area contributed by atoms with Crippen LogP contribution in [-0.4, -0.2) is 15.8 Å². The van der Waals surface area contributed by atoms with E-state index in [-0.39, 0.29) is 6.71 Å². The summed E-state index contributed by atoms with van der Waals surface area (Å²) in [5.74, 6) is 0. The highest BCUT2D eigenvalue weighted by atomic mass is 15.2. The van der Waals surface area contributed by atoms with Crippen LogP contribution in [0, 0.1) is 0 Å². The van der Waals surface area contributed by atoms with Crippen molar-refractivity contribution < 1.29 is 0 Å². The highest BCUT2D eigenvalue weighted by molar-refractivity contribution is 7.00. The molecule has 0 spiro atoms. The number of anilines is 6. The number of benzene rings is 11. The summed E-state index contributed by atoms with van der Waals surface area (Å²) in [5, 5.41) is 4.98. The lowest BCUT2D eigenvalue weighted by Gasteiger charge is -2.44. The molecule has 0 aliphatic carbocycles. The SMILES string of the molecule is c1ccc(N2c3ccc(-c4ccc5c(c4)c4ccccc4n5-c4ccccc4)cc3B3c4cc(-c5ccc6c(c5)c5ccccc5n6-c5ccccc5)ccc4N(c4ccccc4)c4cccc2c43)cc1. The molecule has 0 unspecified atom stereocenters. The summed E-state index contributed by atoms with van der Waals surface area (Å²) < 4.78 is 4.79. The highest BCUT2D eigenvalue weighted by Crippen LogP contribution is 2.46. The van der Waals surface area contributed by atoms with Crippen LogP contribution in [0.5, 0.6) is 0 Å². The van der Waals surface area contributed by atoms with E-state index in [4.69, 9.17) is 0 Å². The van der Waals surface area contributed by atoms with Gasteiger partial charge in [0.25, 0.3) is 6.71 Å². The lowest BCUT2D eigenvalue weighted by molar-refractivity contribution is 1.18. The Balaban J connectivity index is 0.961. The van der Waals surface area contributed by atoms with Crippen molar-refractivity contribution >= 4 is 101 Å². The van der Waals surface area contributed by atoms with Crippen LogP contribution in [0.3, 0.4) is 0 Å². The summed E-state index contributed by atoms with van der Waals surface area (Å²) in [6.45, 7) is -0.0570. The minimum atomic E-state index is -0.0570. The summed E-state index contributed by atoms with van der Waals surface area (Å²) in [6.07, 6.45) is 0. The van der Waals surface area contributed by atoms with E-state index in [1.807, 2.05) is 0 Å². The number of para-hydroxylation sites is 6. The standard InChI is InChI=1S/C66H43BN4/c1-5-18-48(19-6-1)68-58-28-15-13-26-52(58)54-40-44(32-36-60(54)68)46-34-38-62-56(42-46)67-57-43-47(45-33-37-61-55(41-45)53-27-14-16-29-59(53)69(61)49-20-7-2-8-21-49)35-39-63(57)71(51-24-11-4-12-25-51)65-31-17-30-64(66(65)67)70(62)50-22-9-3-10-23-50/h1-43H. The third kappa shape index (κ3) is 6.00. The van der Waals surface area contributed by atoms with E-state index in [1.54, 1.807) is 0 Å². The predicted molar refractivity (Wildman–Crippen MR) is 300 cm³/mol. The van der Waals surface area contributed by atoms with Crippen molar-refractivity contribution in [3.8, 4) is 33.6 Å². The maximum atomic E-state index is 2.49. The minimum absolute atomic E-state index is 0.0570. The van der Waals surface area contributed by atoms with Gasteiger partial charge in [-0.15, -0.1) is 0 Å². The molecule has 0 N–H and O–H groups in total. The molecule has 0 saturated heterocycles. The number of nitrogens with zero attached hydrogens (tertiary/aromatic N) is 4. The molecule has 5 heteroatoms. The van der Waals surface area contributed by atoms with Crippen molar-refractivity contribution in [2.24, 2.45) is 0 Å². The molecule has 11 aromatic carbocycles. The van der Waals surface area contributed by atoms with Gasteiger partial charge in [0.1, 0.15) is 0 Å². The summed E-state index contributed by atoms with van der Waals surface area (Å²) in [6, 6.07) is 96.2. The molecule has 330 valence electrons. The van der Waals surface area contributed by atoms with E-state index in [1.165, 1.54) is 105 Å². The van der Waals surface area contributed by atoms with Crippen LogP contribution in [0.1, 0.15) is 0 Å². The molecule has 0 bridgehead atoms. The van der Waals surface area contributed by atoms with Crippen LogP contribution in [0.25, 0.3) is 77.2 Å². The van der Waals surface area contributed by atoms with Gasteiger partial charge in [0.05, 0.1) is 22.1 Å². The van der Waals surface area contributed by atoms with Crippen LogP contribution in [0.2, 0.25) is 0 Å². The van der Waals surface area contributed by atoms with Gasteiger partial charge in [0.2, 0.25) is 0 Å². The van der Waals surface area contributed by atoms with Crippen molar-refractivity contribution in [1.82, 2.24) is 9.13 Å². The lowest BCUT2D eigenvalue weighted by atomic mass is 9.33. The number of hydrogen-bond acceptors (Lipinski definition) is 2. The maximum Gasteiger partial charge on any atom is 0.252 e. The molecule has 15 rings (SSSR count). The molecule has 2 aromatic heterocycles. The van der Waals surface area contributed by atoms with E-state index >= 15 is 0 Å². The van der Waals surface area contributed by atoms with E-state index in [9.17, 15) is 0 Å². The molecule has 2 aliphatic heterocycles. The van der Waals surface area contributed by atoms with Gasteiger partial charge in [0, 0.05) is 67.0 Å². The van der Waals surface area contributed by atoms with Gasteiger partial charge in [0.15, 0.2) is 0 Å². The van der Waals surface area contributed by atoms with Crippen LogP contribution in [-0.2, 0) is 0 Å². The minimum Gasteiger partial charge on any atom is -0.311 e. The molecule has 0 fully saturated rings. The van der Waals surface area contributed by atoms with Gasteiger partial charge in [-0.1, -0.05) is 152 Å². The van der Waals surface area contributed by atoms with E-state index in [0.717, 1.165) is 22.7 Å². The number of fused-ring (bicyclic) bond motifs is 10. The van der Waals surface area contributed by atoms with Crippen molar-refractivity contribution in [3.05, 3.63) is 261 Å². The van der Waals surface area contributed by atoms with Crippen LogP contribution in [0.4, 0.5) is 34.1 Å². The maximum absolute atomic E-state index is 2.49. The molecule has 2 aliphatic rings. The zero-order valence-electron chi connectivity index (χ0n) is 38.7. The average Bonchev–Trinajstić information content (AvgIpc) is 3.96. The Morgan fingerprint density at radius 3 is 1.03 bits per heavy atom. The first-order valence-corrected chi connectivity index (χ1v) is 24.5. The van der Waals surface area contributed by atoms with Crippen LogP contribution < -0.4 is 26.2 Å². The Bertz CT molecular complexity index is 3970. The van der Waals surface area contributed by atoms with E-state index in [0.29, 0.717) is 0 Å². The average molecular weight is 903 g/mol.